The van der Waals surface area contributed by atoms with E-state index in [1.807, 2.05) is 31.7 Å². The first-order valence-corrected chi connectivity index (χ1v) is 9.06. The molecule has 1 aromatic heterocycles. The van der Waals surface area contributed by atoms with Gasteiger partial charge in [-0.2, -0.15) is 17.4 Å². The lowest BCUT2D eigenvalue weighted by molar-refractivity contribution is 0.0600. The first-order chi connectivity index (χ1) is 10.3. The Bertz CT molecular complexity index is 577. The molecular weight excluding hydrogens is 304 g/mol. The number of hydrogen-bond acceptors (Lipinski definition) is 4. The Balaban J connectivity index is 2.11. The first-order valence-electron chi connectivity index (χ1n) is 7.62. The molecule has 1 saturated heterocycles. The van der Waals surface area contributed by atoms with Gasteiger partial charge in [0.25, 0.3) is 10.2 Å². The molecule has 2 heterocycles. The predicted molar refractivity (Wildman–Crippen MR) is 84.4 cm³/mol. The largest absolute Gasteiger partial charge is 0.381 e. The normalized spacial score (nSPS) is 19.7. The van der Waals surface area contributed by atoms with Crippen molar-refractivity contribution in [2.75, 3.05) is 20.2 Å². The third kappa shape index (κ3) is 3.87. The molecule has 126 valence electrons. The Kier molecular flexibility index (Phi) is 5.60. The van der Waals surface area contributed by atoms with Crippen LogP contribution in [0.2, 0.25) is 0 Å². The lowest BCUT2D eigenvalue weighted by Gasteiger charge is -2.32. The number of piperidine rings is 1. The summed E-state index contributed by atoms with van der Waals surface area (Å²) in [7, 11) is 0.0131. The SMILES string of the molecule is COC1CCN(S(=O)(=O)N[C@@H](c2nccn2C)C(C)C)CC1. The van der Waals surface area contributed by atoms with Crippen molar-refractivity contribution in [1.29, 1.82) is 0 Å². The van der Waals surface area contributed by atoms with Gasteiger partial charge < -0.3 is 9.30 Å². The van der Waals surface area contributed by atoms with E-state index in [-0.39, 0.29) is 18.1 Å². The summed E-state index contributed by atoms with van der Waals surface area (Å²) in [6.07, 6.45) is 5.12. The summed E-state index contributed by atoms with van der Waals surface area (Å²) in [6, 6.07) is -0.342. The van der Waals surface area contributed by atoms with Crippen LogP contribution < -0.4 is 4.72 Å². The molecule has 0 aliphatic carbocycles. The van der Waals surface area contributed by atoms with Gasteiger partial charge in [-0.25, -0.2) is 4.98 Å². The van der Waals surface area contributed by atoms with Crippen LogP contribution in [0.3, 0.4) is 0 Å². The van der Waals surface area contributed by atoms with Crippen LogP contribution in [-0.4, -0.2) is 48.6 Å². The zero-order valence-electron chi connectivity index (χ0n) is 13.7. The van der Waals surface area contributed by atoms with E-state index in [4.69, 9.17) is 4.74 Å². The van der Waals surface area contributed by atoms with E-state index < -0.39 is 10.2 Å². The van der Waals surface area contributed by atoms with Crippen LogP contribution >= 0.6 is 0 Å². The summed E-state index contributed by atoms with van der Waals surface area (Å²) in [4.78, 5) is 4.29. The van der Waals surface area contributed by atoms with Crippen molar-refractivity contribution in [3.05, 3.63) is 18.2 Å². The van der Waals surface area contributed by atoms with E-state index in [0.29, 0.717) is 13.1 Å². The van der Waals surface area contributed by atoms with Crippen molar-refractivity contribution in [2.24, 2.45) is 13.0 Å². The van der Waals surface area contributed by atoms with Gasteiger partial charge in [0.15, 0.2) is 0 Å². The second-order valence-corrected chi connectivity index (χ2v) is 7.78. The van der Waals surface area contributed by atoms with Crippen LogP contribution in [0, 0.1) is 5.92 Å². The van der Waals surface area contributed by atoms with Gasteiger partial charge in [0, 0.05) is 39.6 Å². The molecule has 1 aromatic rings. The number of imidazole rings is 1. The minimum atomic E-state index is -3.53. The van der Waals surface area contributed by atoms with Crippen LogP contribution in [0.4, 0.5) is 0 Å². The van der Waals surface area contributed by atoms with Crippen LogP contribution in [0.25, 0.3) is 0 Å². The lowest BCUT2D eigenvalue weighted by atomic mass is 10.1. The molecule has 1 atom stereocenters. The van der Waals surface area contributed by atoms with E-state index in [9.17, 15) is 8.42 Å². The molecule has 0 unspecified atom stereocenters. The average Bonchev–Trinajstić information content (AvgIpc) is 2.90. The molecule has 0 spiro atoms. The van der Waals surface area contributed by atoms with E-state index in [1.54, 1.807) is 13.3 Å². The van der Waals surface area contributed by atoms with Gasteiger partial charge in [0.2, 0.25) is 0 Å². The third-order valence-electron chi connectivity index (χ3n) is 4.15. The molecule has 0 amide bonds. The minimum absolute atomic E-state index is 0.104. The van der Waals surface area contributed by atoms with Crippen molar-refractivity contribution < 1.29 is 13.2 Å². The number of rotatable bonds is 6. The summed E-state index contributed by atoms with van der Waals surface area (Å²) in [5.74, 6) is 0.831. The number of aromatic nitrogens is 2. The molecule has 1 aliphatic heterocycles. The maximum Gasteiger partial charge on any atom is 0.280 e. The van der Waals surface area contributed by atoms with E-state index in [2.05, 4.69) is 9.71 Å². The Morgan fingerprint density at radius 2 is 2.00 bits per heavy atom. The number of hydrogen-bond donors (Lipinski definition) is 1. The second kappa shape index (κ2) is 7.08. The molecule has 7 nitrogen and oxygen atoms in total. The zero-order chi connectivity index (χ0) is 16.3. The summed E-state index contributed by atoms with van der Waals surface area (Å²) < 4.78 is 36.7. The molecule has 8 heteroatoms. The summed E-state index contributed by atoms with van der Waals surface area (Å²) in [6.45, 7) is 4.94. The number of nitrogens with one attached hydrogen (secondary N) is 1. The third-order valence-corrected chi connectivity index (χ3v) is 5.75. The maximum atomic E-state index is 12.6. The number of aryl methyl sites for hydroxylation is 1. The van der Waals surface area contributed by atoms with Crippen LogP contribution in [0.5, 0.6) is 0 Å². The van der Waals surface area contributed by atoms with Crippen molar-refractivity contribution in [3.63, 3.8) is 0 Å². The molecule has 0 saturated carbocycles. The molecule has 1 fully saturated rings. The quantitative estimate of drug-likeness (QED) is 0.846. The molecule has 0 bridgehead atoms. The molecule has 0 aromatic carbocycles. The molecule has 2 rings (SSSR count). The fourth-order valence-electron chi connectivity index (χ4n) is 2.71. The topological polar surface area (TPSA) is 76.5 Å². The lowest BCUT2D eigenvalue weighted by Crippen LogP contribution is -2.48. The minimum Gasteiger partial charge on any atom is -0.381 e. The van der Waals surface area contributed by atoms with Crippen LogP contribution in [0.15, 0.2) is 12.4 Å². The second-order valence-electron chi connectivity index (χ2n) is 6.08. The average molecular weight is 330 g/mol. The fraction of sp³-hybridized carbons (Fsp3) is 0.786. The van der Waals surface area contributed by atoms with Gasteiger partial charge in [0.1, 0.15) is 5.82 Å². The van der Waals surface area contributed by atoms with Crippen molar-refractivity contribution in [2.45, 2.75) is 38.8 Å². The molecular formula is C14H26N4O3S. The Hall–Kier alpha value is -0.960. The highest BCUT2D eigenvalue weighted by atomic mass is 32.2. The molecule has 22 heavy (non-hydrogen) atoms. The van der Waals surface area contributed by atoms with E-state index >= 15 is 0 Å². The van der Waals surface area contributed by atoms with E-state index in [1.165, 1.54) is 4.31 Å². The molecule has 0 radical (unpaired) electrons. The van der Waals surface area contributed by atoms with Gasteiger partial charge >= 0.3 is 0 Å². The van der Waals surface area contributed by atoms with Gasteiger partial charge in [-0.05, 0) is 18.8 Å². The van der Waals surface area contributed by atoms with Crippen LogP contribution in [-0.2, 0) is 22.0 Å². The van der Waals surface area contributed by atoms with Gasteiger partial charge in [-0.3, -0.25) is 0 Å². The highest BCUT2D eigenvalue weighted by Gasteiger charge is 2.32. The predicted octanol–water partition coefficient (Wildman–Crippen LogP) is 1.06. The Morgan fingerprint density at radius 1 is 1.36 bits per heavy atom. The number of ether oxygens (including phenoxy) is 1. The van der Waals surface area contributed by atoms with Crippen molar-refractivity contribution in [1.82, 2.24) is 18.6 Å². The van der Waals surface area contributed by atoms with Gasteiger partial charge in [-0.1, -0.05) is 13.8 Å². The monoisotopic (exact) mass is 330 g/mol. The Morgan fingerprint density at radius 3 is 2.45 bits per heavy atom. The van der Waals surface area contributed by atoms with E-state index in [0.717, 1.165) is 18.7 Å². The van der Waals surface area contributed by atoms with Gasteiger partial charge in [-0.15, -0.1) is 0 Å². The highest BCUT2D eigenvalue weighted by molar-refractivity contribution is 7.87. The molecule has 1 N–H and O–H groups in total. The number of nitrogens with zero attached hydrogens (tertiary/aromatic N) is 3. The van der Waals surface area contributed by atoms with Crippen molar-refractivity contribution >= 4 is 10.2 Å². The van der Waals surface area contributed by atoms with Crippen LogP contribution in [0.1, 0.15) is 38.6 Å². The Labute approximate surface area is 132 Å². The molecule has 1 aliphatic rings. The highest BCUT2D eigenvalue weighted by Crippen LogP contribution is 2.23. The standard InChI is InChI=1S/C14H26N4O3S/c1-11(2)13(14-15-7-10-17(14)3)16-22(19,20)18-8-5-12(21-4)6-9-18/h7,10-13,16H,5-6,8-9H2,1-4H3/t13-/m1/s1. The summed E-state index contributed by atoms with van der Waals surface area (Å²) in [5.41, 5.74) is 0. The smallest absolute Gasteiger partial charge is 0.280 e. The first kappa shape index (κ1) is 17.4. The van der Waals surface area contributed by atoms with Gasteiger partial charge in [0.05, 0.1) is 12.1 Å². The maximum absolute atomic E-state index is 12.6. The summed E-state index contributed by atoms with van der Waals surface area (Å²) >= 11 is 0. The number of methoxy groups -OCH3 is 1. The van der Waals surface area contributed by atoms with Crippen molar-refractivity contribution in [3.8, 4) is 0 Å². The summed E-state index contributed by atoms with van der Waals surface area (Å²) in [5, 5.41) is 0. The fourth-order valence-corrected chi connectivity index (χ4v) is 4.25. The zero-order valence-corrected chi connectivity index (χ0v) is 14.5.